The van der Waals surface area contributed by atoms with Crippen LogP contribution in [0.1, 0.15) is 44.4 Å². The molecule has 0 unspecified atom stereocenters. The Morgan fingerprint density at radius 3 is 2.61 bits per heavy atom. The Morgan fingerprint density at radius 2 is 1.79 bits per heavy atom. The maximum Gasteiger partial charge on any atom is 0.151 e. The molecule has 3 aromatic carbocycles. The normalized spacial score (nSPS) is 12.0. The molecule has 1 heterocycles. The molecule has 172 valence electrons. The molecular weight excluding hydrogens is 428 g/mol. The topological polar surface area (TPSA) is 28.4 Å². The molecule has 0 amide bonds. The molecule has 1 aromatic heterocycles. The van der Waals surface area contributed by atoms with Crippen LogP contribution in [0.15, 0.2) is 77.2 Å². The molecule has 4 aromatic rings. The summed E-state index contributed by atoms with van der Waals surface area (Å²) in [5.74, 6) is 0.904. The van der Waals surface area contributed by atoms with E-state index in [9.17, 15) is 0 Å². The quantitative estimate of drug-likeness (QED) is 0.231. The molecule has 0 saturated heterocycles. The summed E-state index contributed by atoms with van der Waals surface area (Å²) in [7, 11) is 0. The largest absolute Gasteiger partial charge is 0.455 e. The van der Waals surface area contributed by atoms with E-state index >= 15 is 0 Å². The van der Waals surface area contributed by atoms with Gasteiger partial charge in [-0.25, -0.2) is 0 Å². The van der Waals surface area contributed by atoms with Gasteiger partial charge in [0.2, 0.25) is 0 Å². The lowest BCUT2D eigenvalue weighted by atomic mass is 10.1. The maximum absolute atomic E-state index is 6.29. The molecule has 0 spiro atoms. The van der Waals surface area contributed by atoms with Crippen LogP contribution in [0.2, 0.25) is 5.02 Å². The van der Waals surface area contributed by atoms with Gasteiger partial charge in [-0.1, -0.05) is 67.9 Å². The van der Waals surface area contributed by atoms with E-state index in [0.717, 1.165) is 72.9 Å². The van der Waals surface area contributed by atoms with Gasteiger partial charge >= 0.3 is 0 Å². The zero-order valence-corrected chi connectivity index (χ0v) is 20.4. The molecule has 4 heteroatoms. The summed E-state index contributed by atoms with van der Waals surface area (Å²) in [6.45, 7) is 8.22. The standard InChI is InChI=1S/C29H33ClN2O/c1-3-9-27(29-20-25-19-26(30)14-15-28(25)33-29)32(17-8-7-16-31-4-2)21-22-12-13-23-10-5-6-11-24(23)18-22/h5-6,9-15,18-20,31H,3-4,7-8,16-17,21H2,1-2H3/b27-9+. The number of allylic oxidation sites excluding steroid dienone is 1. The molecule has 0 fully saturated rings. The highest BCUT2D eigenvalue weighted by Gasteiger charge is 2.17. The summed E-state index contributed by atoms with van der Waals surface area (Å²) in [5, 5.41) is 7.76. The Balaban J connectivity index is 1.64. The van der Waals surface area contributed by atoms with Crippen molar-refractivity contribution in [3.63, 3.8) is 0 Å². The number of rotatable bonds is 11. The number of nitrogens with one attached hydrogen (secondary N) is 1. The van der Waals surface area contributed by atoms with Crippen LogP contribution in [0, 0.1) is 0 Å². The summed E-state index contributed by atoms with van der Waals surface area (Å²) in [4.78, 5) is 2.47. The highest BCUT2D eigenvalue weighted by molar-refractivity contribution is 6.31. The number of hydrogen-bond acceptors (Lipinski definition) is 3. The Morgan fingerprint density at radius 1 is 0.939 bits per heavy atom. The van der Waals surface area contributed by atoms with Gasteiger partial charge in [-0.3, -0.25) is 0 Å². The molecule has 1 N–H and O–H groups in total. The van der Waals surface area contributed by atoms with Crippen molar-refractivity contribution in [2.75, 3.05) is 19.6 Å². The fraction of sp³-hybridized carbons (Fsp3) is 0.310. The number of halogens is 1. The van der Waals surface area contributed by atoms with E-state index in [1.54, 1.807) is 0 Å². The minimum Gasteiger partial charge on any atom is -0.455 e. The molecule has 0 radical (unpaired) electrons. The van der Waals surface area contributed by atoms with Crippen molar-refractivity contribution in [1.82, 2.24) is 10.2 Å². The second-order valence-corrected chi connectivity index (χ2v) is 8.89. The number of furan rings is 1. The molecule has 0 aliphatic rings. The van der Waals surface area contributed by atoms with Crippen LogP contribution in [0.4, 0.5) is 0 Å². The Labute approximate surface area is 202 Å². The summed E-state index contributed by atoms with van der Waals surface area (Å²) >= 11 is 6.22. The monoisotopic (exact) mass is 460 g/mol. The van der Waals surface area contributed by atoms with Crippen molar-refractivity contribution in [1.29, 1.82) is 0 Å². The van der Waals surface area contributed by atoms with Crippen LogP contribution in [0.5, 0.6) is 0 Å². The Hall–Kier alpha value is -2.75. The van der Waals surface area contributed by atoms with Crippen LogP contribution in [-0.4, -0.2) is 24.5 Å². The molecule has 0 aliphatic heterocycles. The van der Waals surface area contributed by atoms with Crippen LogP contribution in [0.3, 0.4) is 0 Å². The lowest BCUT2D eigenvalue weighted by molar-refractivity contribution is 0.366. The predicted octanol–water partition coefficient (Wildman–Crippen LogP) is 7.88. The van der Waals surface area contributed by atoms with Gasteiger partial charge in [-0.15, -0.1) is 0 Å². The third kappa shape index (κ3) is 5.98. The molecule has 0 atom stereocenters. The highest BCUT2D eigenvalue weighted by Crippen LogP contribution is 2.31. The lowest BCUT2D eigenvalue weighted by Crippen LogP contribution is -2.24. The van der Waals surface area contributed by atoms with E-state index in [1.807, 2.05) is 18.2 Å². The van der Waals surface area contributed by atoms with E-state index in [-0.39, 0.29) is 0 Å². The van der Waals surface area contributed by atoms with Gasteiger partial charge in [0, 0.05) is 23.5 Å². The SMILES string of the molecule is CC/C=C(\c1cc2cc(Cl)ccc2o1)N(CCCCNCC)Cc1ccc2ccccc2c1. The second-order valence-electron chi connectivity index (χ2n) is 8.45. The van der Waals surface area contributed by atoms with Gasteiger partial charge < -0.3 is 14.6 Å². The second kappa shape index (κ2) is 11.4. The van der Waals surface area contributed by atoms with Gasteiger partial charge in [0.25, 0.3) is 0 Å². The molecule has 0 aliphatic carbocycles. The van der Waals surface area contributed by atoms with Crippen molar-refractivity contribution >= 4 is 39.0 Å². The number of hydrogen-bond donors (Lipinski definition) is 1. The molecular formula is C29H33ClN2O. The molecule has 3 nitrogen and oxygen atoms in total. The lowest BCUT2D eigenvalue weighted by Gasteiger charge is -2.27. The third-order valence-corrected chi connectivity index (χ3v) is 6.17. The van der Waals surface area contributed by atoms with Gasteiger partial charge in [-0.2, -0.15) is 0 Å². The van der Waals surface area contributed by atoms with E-state index in [0.29, 0.717) is 0 Å². The summed E-state index contributed by atoms with van der Waals surface area (Å²) in [6, 6.07) is 23.3. The molecule has 0 bridgehead atoms. The average molecular weight is 461 g/mol. The van der Waals surface area contributed by atoms with Crippen LogP contribution < -0.4 is 5.32 Å². The number of nitrogens with zero attached hydrogens (tertiary/aromatic N) is 1. The molecule has 33 heavy (non-hydrogen) atoms. The van der Waals surface area contributed by atoms with E-state index in [4.69, 9.17) is 16.0 Å². The van der Waals surface area contributed by atoms with Crippen molar-refractivity contribution in [3.05, 3.63) is 89.2 Å². The highest BCUT2D eigenvalue weighted by atomic mass is 35.5. The zero-order chi connectivity index (χ0) is 23.0. The third-order valence-electron chi connectivity index (χ3n) is 5.94. The first-order valence-electron chi connectivity index (χ1n) is 12.0. The number of unbranched alkanes of at least 4 members (excludes halogenated alkanes) is 1. The van der Waals surface area contributed by atoms with Crippen molar-refractivity contribution in [2.24, 2.45) is 0 Å². The predicted molar refractivity (Wildman–Crippen MR) is 142 cm³/mol. The van der Waals surface area contributed by atoms with Crippen LogP contribution >= 0.6 is 11.6 Å². The smallest absolute Gasteiger partial charge is 0.151 e. The van der Waals surface area contributed by atoms with Gasteiger partial charge in [0.15, 0.2) is 5.76 Å². The average Bonchev–Trinajstić information content (AvgIpc) is 3.24. The first-order chi connectivity index (χ1) is 16.2. The fourth-order valence-electron chi connectivity index (χ4n) is 4.29. The number of fused-ring (bicyclic) bond motifs is 2. The summed E-state index contributed by atoms with van der Waals surface area (Å²) < 4.78 is 6.29. The van der Waals surface area contributed by atoms with E-state index in [2.05, 4.69) is 78.7 Å². The minimum absolute atomic E-state index is 0.729. The fourth-order valence-corrected chi connectivity index (χ4v) is 4.47. The molecule has 0 saturated carbocycles. The Kier molecular flexibility index (Phi) is 8.09. The van der Waals surface area contributed by atoms with E-state index in [1.165, 1.54) is 16.3 Å². The van der Waals surface area contributed by atoms with Crippen LogP contribution in [-0.2, 0) is 6.54 Å². The summed E-state index contributed by atoms with van der Waals surface area (Å²) in [6.07, 6.45) is 5.49. The number of benzene rings is 3. The molecule has 4 rings (SSSR count). The van der Waals surface area contributed by atoms with Gasteiger partial charge in [0.1, 0.15) is 5.58 Å². The first-order valence-corrected chi connectivity index (χ1v) is 12.4. The van der Waals surface area contributed by atoms with Crippen molar-refractivity contribution in [2.45, 2.75) is 39.7 Å². The van der Waals surface area contributed by atoms with Gasteiger partial charge in [-0.05, 0) is 79.0 Å². The summed E-state index contributed by atoms with van der Waals surface area (Å²) in [5.41, 5.74) is 3.33. The zero-order valence-electron chi connectivity index (χ0n) is 19.6. The van der Waals surface area contributed by atoms with Crippen LogP contribution in [0.25, 0.3) is 27.4 Å². The maximum atomic E-state index is 6.29. The minimum atomic E-state index is 0.729. The van der Waals surface area contributed by atoms with Crippen molar-refractivity contribution < 1.29 is 4.42 Å². The van der Waals surface area contributed by atoms with Gasteiger partial charge in [0.05, 0.1) is 5.70 Å². The first kappa shape index (κ1) is 23.4. The van der Waals surface area contributed by atoms with Crippen molar-refractivity contribution in [3.8, 4) is 0 Å². The Bertz CT molecular complexity index is 1230. The van der Waals surface area contributed by atoms with E-state index < -0.39 is 0 Å².